The lowest BCUT2D eigenvalue weighted by molar-refractivity contribution is 1.07. The third-order valence-corrected chi connectivity index (χ3v) is 8.27. The quantitative estimate of drug-likeness (QED) is 0.191. The highest BCUT2D eigenvalue weighted by atomic mass is 15.0. The number of hydrogen-bond donors (Lipinski definition) is 0. The van der Waals surface area contributed by atoms with Crippen molar-refractivity contribution >= 4 is 21.5 Å². The van der Waals surface area contributed by atoms with Crippen LogP contribution in [0.3, 0.4) is 0 Å². The summed E-state index contributed by atoms with van der Waals surface area (Å²) in [5, 5.41) is 4.81. The molecule has 0 radical (unpaired) electrons. The van der Waals surface area contributed by atoms with Crippen molar-refractivity contribution in [3.05, 3.63) is 157 Å². The number of aromatic nitrogens is 4. The van der Waals surface area contributed by atoms with Gasteiger partial charge in [0.05, 0.1) is 0 Å². The summed E-state index contributed by atoms with van der Waals surface area (Å²) in [6.45, 7) is 2.05. The van der Waals surface area contributed by atoms with Gasteiger partial charge in [0.25, 0.3) is 0 Å². The van der Waals surface area contributed by atoms with Crippen LogP contribution < -0.4 is 0 Å². The van der Waals surface area contributed by atoms with Crippen molar-refractivity contribution in [2.75, 3.05) is 0 Å². The second-order valence-corrected chi connectivity index (χ2v) is 11.2. The largest absolute Gasteiger partial charge is 0.261 e. The molecule has 0 saturated heterocycles. The zero-order valence-electron chi connectivity index (χ0n) is 24.7. The Morgan fingerprint density at radius 1 is 0.400 bits per heavy atom. The van der Waals surface area contributed by atoms with Crippen LogP contribution in [0.4, 0.5) is 0 Å². The number of nitrogens with zero attached hydrogens (tertiary/aromatic N) is 4. The van der Waals surface area contributed by atoms with Gasteiger partial charge in [0.15, 0.2) is 17.5 Å². The molecule has 0 fully saturated rings. The molecular weight excluding hydrogens is 548 g/mol. The molecule has 0 saturated carbocycles. The molecule has 0 atom stereocenters. The van der Waals surface area contributed by atoms with Gasteiger partial charge in [0, 0.05) is 34.1 Å². The van der Waals surface area contributed by atoms with Crippen molar-refractivity contribution < 1.29 is 0 Å². The minimum atomic E-state index is 0.622. The molecule has 45 heavy (non-hydrogen) atoms. The van der Waals surface area contributed by atoms with Gasteiger partial charge in [-0.15, -0.1) is 0 Å². The predicted octanol–water partition coefficient (Wildman–Crippen LogP) is 10.2. The van der Waals surface area contributed by atoms with E-state index >= 15 is 0 Å². The lowest BCUT2D eigenvalue weighted by atomic mass is 9.89. The number of aryl methyl sites for hydroxylation is 1. The standard InChI is InChI=1S/C41H28N4/c1-27-35(21-12-22-42-27)32-24-33(38-36-19-10-8-17-30(36)23-31-18-9-11-20-37(31)38)26-34(25-32)41-44-39(28-13-4-2-5-14-28)43-40(45-41)29-15-6-3-7-16-29/h2-26H,1H3. The van der Waals surface area contributed by atoms with Gasteiger partial charge in [-0.25, -0.2) is 15.0 Å². The first-order valence-electron chi connectivity index (χ1n) is 15.1. The Balaban J connectivity index is 1.44. The molecule has 0 bridgehead atoms. The van der Waals surface area contributed by atoms with Crippen LogP contribution in [0.2, 0.25) is 0 Å². The van der Waals surface area contributed by atoms with E-state index in [0.717, 1.165) is 39.1 Å². The first-order chi connectivity index (χ1) is 22.2. The van der Waals surface area contributed by atoms with E-state index in [1.54, 1.807) is 0 Å². The van der Waals surface area contributed by atoms with Crippen molar-refractivity contribution in [2.45, 2.75) is 6.92 Å². The molecule has 4 nitrogen and oxygen atoms in total. The average Bonchev–Trinajstić information content (AvgIpc) is 3.11. The summed E-state index contributed by atoms with van der Waals surface area (Å²) in [6, 6.07) is 50.5. The monoisotopic (exact) mass is 576 g/mol. The average molecular weight is 577 g/mol. The summed E-state index contributed by atoms with van der Waals surface area (Å²) in [4.78, 5) is 19.7. The lowest BCUT2D eigenvalue weighted by Crippen LogP contribution is -2.00. The summed E-state index contributed by atoms with van der Waals surface area (Å²) >= 11 is 0. The fraction of sp³-hybridized carbons (Fsp3) is 0.0244. The van der Waals surface area contributed by atoms with Crippen molar-refractivity contribution in [3.63, 3.8) is 0 Å². The normalized spacial score (nSPS) is 11.2. The highest BCUT2D eigenvalue weighted by molar-refractivity contribution is 6.13. The smallest absolute Gasteiger partial charge is 0.164 e. The van der Waals surface area contributed by atoms with Gasteiger partial charge in [0.1, 0.15) is 0 Å². The Hall–Kier alpha value is -6.00. The molecule has 0 amide bonds. The second kappa shape index (κ2) is 11.3. The molecule has 2 aromatic heterocycles. The van der Waals surface area contributed by atoms with E-state index < -0.39 is 0 Å². The maximum Gasteiger partial charge on any atom is 0.164 e. The van der Waals surface area contributed by atoms with Crippen LogP contribution in [0.15, 0.2) is 152 Å². The molecule has 8 aromatic rings. The fourth-order valence-electron chi connectivity index (χ4n) is 6.11. The molecule has 8 rings (SSSR count). The Kier molecular flexibility index (Phi) is 6.65. The second-order valence-electron chi connectivity index (χ2n) is 11.2. The Labute approximate surface area is 261 Å². The van der Waals surface area contributed by atoms with Crippen molar-refractivity contribution in [3.8, 4) is 56.4 Å². The lowest BCUT2D eigenvalue weighted by Gasteiger charge is -2.16. The first kappa shape index (κ1) is 26.6. The minimum Gasteiger partial charge on any atom is -0.261 e. The molecule has 0 aliphatic rings. The maximum atomic E-state index is 5.08. The molecule has 0 aliphatic carbocycles. The summed E-state index contributed by atoms with van der Waals surface area (Å²) in [6.07, 6.45) is 1.84. The summed E-state index contributed by atoms with van der Waals surface area (Å²) < 4.78 is 0. The molecule has 4 heteroatoms. The molecule has 2 heterocycles. The summed E-state index contributed by atoms with van der Waals surface area (Å²) in [7, 11) is 0. The van der Waals surface area contributed by atoms with E-state index in [2.05, 4.69) is 90.8 Å². The predicted molar refractivity (Wildman–Crippen MR) is 185 cm³/mol. The number of pyridine rings is 1. The molecule has 6 aromatic carbocycles. The minimum absolute atomic E-state index is 0.622. The molecule has 0 N–H and O–H groups in total. The Morgan fingerprint density at radius 3 is 1.47 bits per heavy atom. The molecule has 0 aliphatic heterocycles. The third kappa shape index (κ3) is 5.02. The van der Waals surface area contributed by atoms with Crippen LogP contribution in [-0.2, 0) is 0 Å². The van der Waals surface area contributed by atoms with Crippen LogP contribution in [-0.4, -0.2) is 19.9 Å². The molecule has 0 spiro atoms. The third-order valence-electron chi connectivity index (χ3n) is 8.27. The van der Waals surface area contributed by atoms with Gasteiger partial charge in [-0.05, 0) is 75.5 Å². The highest BCUT2D eigenvalue weighted by Gasteiger charge is 2.17. The summed E-state index contributed by atoms with van der Waals surface area (Å²) in [5.74, 6) is 1.90. The van der Waals surface area contributed by atoms with Crippen LogP contribution in [0.25, 0.3) is 78.0 Å². The SMILES string of the molecule is Cc1ncccc1-c1cc(-c2nc(-c3ccccc3)nc(-c3ccccc3)n2)cc(-c2c3ccccc3cc3ccccc23)c1. The van der Waals surface area contributed by atoms with E-state index in [1.165, 1.54) is 27.1 Å². The van der Waals surface area contributed by atoms with E-state index in [9.17, 15) is 0 Å². The topological polar surface area (TPSA) is 51.6 Å². The molecular formula is C41H28N4. The van der Waals surface area contributed by atoms with E-state index in [1.807, 2.05) is 72.9 Å². The summed E-state index contributed by atoms with van der Waals surface area (Å²) in [5.41, 5.74) is 8.19. The van der Waals surface area contributed by atoms with Crippen LogP contribution in [0.5, 0.6) is 0 Å². The number of rotatable bonds is 5. The number of hydrogen-bond acceptors (Lipinski definition) is 4. The van der Waals surface area contributed by atoms with Crippen molar-refractivity contribution in [1.82, 2.24) is 19.9 Å². The van der Waals surface area contributed by atoms with E-state index in [4.69, 9.17) is 15.0 Å². The Bertz CT molecular complexity index is 2220. The first-order valence-corrected chi connectivity index (χ1v) is 15.1. The van der Waals surface area contributed by atoms with E-state index in [-0.39, 0.29) is 0 Å². The van der Waals surface area contributed by atoms with E-state index in [0.29, 0.717) is 17.5 Å². The number of fused-ring (bicyclic) bond motifs is 2. The van der Waals surface area contributed by atoms with Gasteiger partial charge in [-0.1, -0.05) is 115 Å². The van der Waals surface area contributed by atoms with Crippen LogP contribution >= 0.6 is 0 Å². The fourth-order valence-corrected chi connectivity index (χ4v) is 6.11. The van der Waals surface area contributed by atoms with Gasteiger partial charge in [0.2, 0.25) is 0 Å². The molecule has 0 unspecified atom stereocenters. The number of benzene rings is 6. The van der Waals surface area contributed by atoms with Crippen LogP contribution in [0.1, 0.15) is 5.69 Å². The van der Waals surface area contributed by atoms with Crippen LogP contribution in [0, 0.1) is 6.92 Å². The van der Waals surface area contributed by atoms with Crippen molar-refractivity contribution in [1.29, 1.82) is 0 Å². The Morgan fingerprint density at radius 2 is 0.889 bits per heavy atom. The van der Waals surface area contributed by atoms with Gasteiger partial charge in [-0.3, -0.25) is 4.98 Å². The maximum absolute atomic E-state index is 5.08. The van der Waals surface area contributed by atoms with Gasteiger partial charge >= 0.3 is 0 Å². The van der Waals surface area contributed by atoms with Gasteiger partial charge in [-0.2, -0.15) is 0 Å². The zero-order chi connectivity index (χ0) is 30.2. The molecule has 212 valence electrons. The highest BCUT2D eigenvalue weighted by Crippen LogP contribution is 2.40. The van der Waals surface area contributed by atoms with Crippen molar-refractivity contribution in [2.24, 2.45) is 0 Å². The van der Waals surface area contributed by atoms with Gasteiger partial charge < -0.3 is 0 Å². The zero-order valence-corrected chi connectivity index (χ0v) is 24.7.